The predicted molar refractivity (Wildman–Crippen MR) is 88.1 cm³/mol. The molecule has 0 spiro atoms. The number of fused-ring (bicyclic) bond motifs is 2. The molecule has 2 bridgehead atoms. The molecular weight excluding hydrogens is 326 g/mol. The molecule has 0 saturated carbocycles. The van der Waals surface area contributed by atoms with Crippen molar-refractivity contribution in [2.24, 2.45) is 11.8 Å². The van der Waals surface area contributed by atoms with Gasteiger partial charge in [-0.05, 0) is 30.7 Å². The van der Waals surface area contributed by atoms with Crippen LogP contribution < -0.4 is 5.32 Å². The monoisotopic (exact) mass is 345 g/mol. The summed E-state index contributed by atoms with van der Waals surface area (Å²) in [4.78, 5) is 35.7. The second kappa shape index (κ2) is 7.06. The molecule has 1 aromatic rings. The zero-order valence-corrected chi connectivity index (χ0v) is 13.7. The van der Waals surface area contributed by atoms with Crippen molar-refractivity contribution in [1.82, 2.24) is 0 Å². The van der Waals surface area contributed by atoms with Gasteiger partial charge in [0.05, 0.1) is 30.3 Å². The minimum Gasteiger partial charge on any atom is -0.481 e. The van der Waals surface area contributed by atoms with Crippen LogP contribution in [0.1, 0.15) is 23.7 Å². The molecule has 2 heterocycles. The third-order valence-corrected chi connectivity index (χ3v) is 4.31. The second-order valence-electron chi connectivity index (χ2n) is 6.04. The zero-order chi connectivity index (χ0) is 18.0. The van der Waals surface area contributed by atoms with Gasteiger partial charge in [0.1, 0.15) is 5.92 Å². The van der Waals surface area contributed by atoms with Crippen LogP contribution in [0.2, 0.25) is 0 Å². The van der Waals surface area contributed by atoms with E-state index >= 15 is 0 Å². The van der Waals surface area contributed by atoms with Gasteiger partial charge in [-0.3, -0.25) is 9.59 Å². The Hall–Kier alpha value is -2.67. The Morgan fingerprint density at radius 3 is 2.36 bits per heavy atom. The number of carbonyl (C=O) groups excluding carboxylic acids is 2. The highest BCUT2D eigenvalue weighted by Gasteiger charge is 2.53. The number of esters is 1. The number of carboxylic acids is 1. The smallest absolute Gasteiger partial charge is 0.338 e. The molecule has 7 nitrogen and oxygen atoms in total. The molecular formula is C18H19NO6. The summed E-state index contributed by atoms with van der Waals surface area (Å²) in [5, 5.41) is 12.0. The molecule has 2 N–H and O–H groups in total. The number of anilines is 1. The fourth-order valence-corrected chi connectivity index (χ4v) is 3.11. The Bertz CT molecular complexity index is 711. The molecule has 4 atom stereocenters. The maximum Gasteiger partial charge on any atom is 0.338 e. The highest BCUT2D eigenvalue weighted by atomic mass is 16.5. The van der Waals surface area contributed by atoms with Crippen LogP contribution in [0.25, 0.3) is 0 Å². The van der Waals surface area contributed by atoms with Crippen molar-refractivity contribution in [3.63, 3.8) is 0 Å². The van der Waals surface area contributed by atoms with E-state index in [1.54, 1.807) is 36.4 Å². The second-order valence-corrected chi connectivity index (χ2v) is 6.04. The van der Waals surface area contributed by atoms with Gasteiger partial charge < -0.3 is 19.9 Å². The van der Waals surface area contributed by atoms with E-state index in [1.165, 1.54) is 0 Å². The molecule has 2 aliphatic rings. The molecule has 2 aliphatic heterocycles. The molecule has 0 unspecified atom stereocenters. The van der Waals surface area contributed by atoms with E-state index in [9.17, 15) is 19.5 Å². The van der Waals surface area contributed by atoms with Gasteiger partial charge in [0.2, 0.25) is 5.91 Å². The van der Waals surface area contributed by atoms with E-state index in [0.29, 0.717) is 17.9 Å². The molecule has 132 valence electrons. The van der Waals surface area contributed by atoms with Gasteiger partial charge in [0, 0.05) is 5.69 Å². The normalized spacial score (nSPS) is 26.4. The van der Waals surface area contributed by atoms with Crippen LogP contribution in [0, 0.1) is 11.8 Å². The van der Waals surface area contributed by atoms with Crippen LogP contribution in [-0.2, 0) is 19.1 Å². The summed E-state index contributed by atoms with van der Waals surface area (Å²) in [7, 11) is 0. The third kappa shape index (κ3) is 3.41. The number of amides is 1. The van der Waals surface area contributed by atoms with Gasteiger partial charge in [-0.15, -0.1) is 0 Å². The summed E-state index contributed by atoms with van der Waals surface area (Å²) in [5.74, 6) is -3.55. The zero-order valence-electron chi connectivity index (χ0n) is 13.7. The van der Waals surface area contributed by atoms with Crippen LogP contribution >= 0.6 is 0 Å². The Labute approximate surface area is 144 Å². The quantitative estimate of drug-likeness (QED) is 0.603. The first-order valence-electron chi connectivity index (χ1n) is 8.16. The molecule has 1 saturated heterocycles. The number of aliphatic carboxylic acids is 1. The minimum atomic E-state index is -1.05. The van der Waals surface area contributed by atoms with Crippen LogP contribution in [0.4, 0.5) is 5.69 Å². The van der Waals surface area contributed by atoms with Crippen LogP contribution in [0.3, 0.4) is 0 Å². The molecule has 7 heteroatoms. The molecule has 0 radical (unpaired) electrons. The van der Waals surface area contributed by atoms with Gasteiger partial charge in [-0.1, -0.05) is 19.1 Å². The molecule has 25 heavy (non-hydrogen) atoms. The lowest BCUT2D eigenvalue weighted by Crippen LogP contribution is -2.39. The van der Waals surface area contributed by atoms with Crippen molar-refractivity contribution in [1.29, 1.82) is 0 Å². The molecule has 1 fully saturated rings. The van der Waals surface area contributed by atoms with Gasteiger partial charge in [-0.25, -0.2) is 4.79 Å². The number of benzene rings is 1. The maximum atomic E-state index is 12.5. The van der Waals surface area contributed by atoms with Gasteiger partial charge >= 0.3 is 11.9 Å². The van der Waals surface area contributed by atoms with Crippen LogP contribution in [0.5, 0.6) is 0 Å². The molecule has 1 aromatic carbocycles. The van der Waals surface area contributed by atoms with Crippen LogP contribution in [0.15, 0.2) is 36.4 Å². The summed E-state index contributed by atoms with van der Waals surface area (Å²) in [6.45, 7) is 2.26. The first kappa shape index (κ1) is 17.2. The lowest BCUT2D eigenvalue weighted by atomic mass is 9.82. The first-order valence-corrected chi connectivity index (χ1v) is 8.16. The van der Waals surface area contributed by atoms with Crippen molar-refractivity contribution in [3.05, 3.63) is 42.0 Å². The van der Waals surface area contributed by atoms with Crippen molar-refractivity contribution < 1.29 is 29.0 Å². The number of hydrogen-bond acceptors (Lipinski definition) is 5. The molecule has 3 rings (SSSR count). The number of rotatable bonds is 6. The Morgan fingerprint density at radius 2 is 1.76 bits per heavy atom. The van der Waals surface area contributed by atoms with Crippen LogP contribution in [-0.4, -0.2) is 41.8 Å². The number of carboxylic acid groups (broad SMARTS) is 1. The van der Waals surface area contributed by atoms with E-state index in [2.05, 4.69) is 5.32 Å². The van der Waals surface area contributed by atoms with Gasteiger partial charge in [-0.2, -0.15) is 0 Å². The fourth-order valence-electron chi connectivity index (χ4n) is 3.11. The summed E-state index contributed by atoms with van der Waals surface area (Å²) < 4.78 is 10.5. The standard InChI is InChI=1S/C18H19NO6/c1-2-9-24-18(23)10-3-5-11(6-4-10)19-16(20)14-12-7-8-13(25-12)15(14)17(21)22/h3-8,12-15H,2,9H2,1H3,(H,19,20)(H,21,22)/t12-,13-,14-,15+/m1/s1. The van der Waals surface area contributed by atoms with E-state index in [1.807, 2.05) is 6.92 Å². The average molecular weight is 345 g/mol. The Balaban J connectivity index is 1.66. The lowest BCUT2D eigenvalue weighted by molar-refractivity contribution is -0.145. The maximum absolute atomic E-state index is 12.5. The number of ether oxygens (including phenoxy) is 2. The highest BCUT2D eigenvalue weighted by molar-refractivity contribution is 5.97. The SMILES string of the molecule is CCCOC(=O)c1ccc(NC(=O)[C@H]2[C@@H](C(=O)O)[C@H]3C=C[C@H]2O3)cc1. The van der Waals surface area contributed by atoms with Gasteiger partial charge in [0.15, 0.2) is 0 Å². The highest BCUT2D eigenvalue weighted by Crippen LogP contribution is 2.39. The largest absolute Gasteiger partial charge is 0.481 e. The Kier molecular flexibility index (Phi) is 4.85. The third-order valence-electron chi connectivity index (χ3n) is 4.31. The summed E-state index contributed by atoms with van der Waals surface area (Å²) >= 11 is 0. The van der Waals surface area contributed by atoms with Gasteiger partial charge in [0.25, 0.3) is 0 Å². The van der Waals surface area contributed by atoms with E-state index in [-0.39, 0.29) is 0 Å². The van der Waals surface area contributed by atoms with Crippen molar-refractivity contribution in [3.8, 4) is 0 Å². The number of carbonyl (C=O) groups is 3. The summed E-state index contributed by atoms with van der Waals surface area (Å²) in [6, 6.07) is 6.28. The summed E-state index contributed by atoms with van der Waals surface area (Å²) in [5.41, 5.74) is 0.869. The molecule has 1 amide bonds. The minimum absolute atomic E-state index is 0.353. The van der Waals surface area contributed by atoms with E-state index in [4.69, 9.17) is 9.47 Å². The average Bonchev–Trinajstić information content (AvgIpc) is 3.21. The number of hydrogen-bond donors (Lipinski definition) is 2. The molecule has 0 aromatic heterocycles. The topological polar surface area (TPSA) is 102 Å². The van der Waals surface area contributed by atoms with Crippen molar-refractivity contribution >= 4 is 23.5 Å². The van der Waals surface area contributed by atoms with Crippen molar-refractivity contribution in [2.45, 2.75) is 25.6 Å². The number of nitrogens with one attached hydrogen (secondary N) is 1. The lowest BCUT2D eigenvalue weighted by Gasteiger charge is -2.21. The first-order chi connectivity index (χ1) is 12.0. The summed E-state index contributed by atoms with van der Waals surface area (Å²) in [6.07, 6.45) is 3.07. The predicted octanol–water partition coefficient (Wildman–Crippen LogP) is 1.85. The van der Waals surface area contributed by atoms with E-state index in [0.717, 1.165) is 6.42 Å². The van der Waals surface area contributed by atoms with Crippen molar-refractivity contribution in [2.75, 3.05) is 11.9 Å². The fraction of sp³-hybridized carbons (Fsp3) is 0.389. The Morgan fingerprint density at radius 1 is 1.12 bits per heavy atom. The van der Waals surface area contributed by atoms with E-state index < -0.39 is 41.9 Å². The molecule has 0 aliphatic carbocycles.